The van der Waals surface area contributed by atoms with Crippen molar-refractivity contribution in [3.05, 3.63) is 112 Å². The third-order valence-corrected chi connectivity index (χ3v) is 5.05. The summed E-state index contributed by atoms with van der Waals surface area (Å²) >= 11 is 0. The van der Waals surface area contributed by atoms with E-state index in [0.717, 1.165) is 11.1 Å². The molecule has 0 saturated heterocycles. The van der Waals surface area contributed by atoms with Crippen molar-refractivity contribution in [3.63, 3.8) is 0 Å². The molecule has 0 saturated carbocycles. The second-order valence-corrected chi connectivity index (χ2v) is 7.55. The lowest BCUT2D eigenvalue weighted by Crippen LogP contribution is -2.48. The zero-order valence-electron chi connectivity index (χ0n) is 17.8. The predicted octanol–water partition coefficient (Wildman–Crippen LogP) is 2.39. The molecule has 0 fully saturated rings. The van der Waals surface area contributed by atoms with Gasteiger partial charge in [0.25, 0.3) is 0 Å². The second-order valence-electron chi connectivity index (χ2n) is 7.55. The number of nitrogens with zero attached hydrogens (tertiary/aromatic N) is 3. The van der Waals surface area contributed by atoms with Gasteiger partial charge in [-0.05, 0) is 38.1 Å². The fourth-order valence-electron chi connectivity index (χ4n) is 3.28. The van der Waals surface area contributed by atoms with Crippen molar-refractivity contribution in [2.75, 3.05) is 0 Å². The lowest BCUT2D eigenvalue weighted by atomic mass is 10.1. The average molecular weight is 426 g/mol. The van der Waals surface area contributed by atoms with E-state index >= 15 is 0 Å². The zero-order valence-corrected chi connectivity index (χ0v) is 17.8. The Labute approximate surface area is 184 Å². The van der Waals surface area contributed by atoms with Crippen LogP contribution >= 0.6 is 0 Å². The lowest BCUT2D eigenvalue weighted by molar-refractivity contribution is -0.745. The van der Waals surface area contributed by atoms with Gasteiger partial charge in [0.1, 0.15) is 0 Å². The maximum absolute atomic E-state index is 13.2. The number of rotatable bonds is 6. The molecule has 7 heteroatoms. The number of carbonyl (C=O) groups excluding carboxylic acids is 1. The van der Waals surface area contributed by atoms with E-state index in [4.69, 9.17) is 0 Å². The van der Waals surface area contributed by atoms with Crippen molar-refractivity contribution < 1.29 is 14.6 Å². The summed E-state index contributed by atoms with van der Waals surface area (Å²) in [5, 5.41) is 15.9. The number of benzene rings is 3. The highest BCUT2D eigenvalue weighted by Gasteiger charge is 2.25. The quantitative estimate of drug-likeness (QED) is 0.222. The molecule has 1 aromatic heterocycles. The Morgan fingerprint density at radius 2 is 1.53 bits per heavy atom. The van der Waals surface area contributed by atoms with Crippen molar-refractivity contribution in [2.45, 2.75) is 20.4 Å². The number of hydrogen-bond donors (Lipinski definition) is 1. The van der Waals surface area contributed by atoms with Gasteiger partial charge < -0.3 is 5.11 Å². The highest BCUT2D eigenvalue weighted by Crippen LogP contribution is 2.13. The number of carbonyl (C=O) groups is 1. The SMILES string of the molecule is Cc1ccc(N=C([O-])c2c(=O)n(-c3ccc(C)cc3)[nH][n+]2CC(=O)c2ccccc2)cc1. The smallest absolute Gasteiger partial charge is 0.406 e. The highest BCUT2D eigenvalue weighted by molar-refractivity contribution is 5.95. The molecule has 0 spiro atoms. The molecule has 7 nitrogen and oxygen atoms in total. The van der Waals surface area contributed by atoms with Crippen LogP contribution in [0.2, 0.25) is 0 Å². The molecule has 0 unspecified atom stereocenters. The van der Waals surface area contributed by atoms with Crippen LogP contribution < -0.4 is 15.3 Å². The summed E-state index contributed by atoms with van der Waals surface area (Å²) in [6.07, 6.45) is 0. The molecule has 0 aliphatic rings. The van der Waals surface area contributed by atoms with Gasteiger partial charge in [0.15, 0.2) is 12.2 Å². The monoisotopic (exact) mass is 426 g/mol. The summed E-state index contributed by atoms with van der Waals surface area (Å²) in [4.78, 5) is 30.1. The fraction of sp³-hybridized carbons (Fsp3) is 0.120. The molecule has 4 aromatic rings. The minimum atomic E-state index is -0.721. The minimum absolute atomic E-state index is 0.206. The Hall–Kier alpha value is -4.26. The van der Waals surface area contributed by atoms with Gasteiger partial charge >= 0.3 is 5.56 Å². The van der Waals surface area contributed by atoms with Gasteiger partial charge in [-0.3, -0.25) is 9.79 Å². The Morgan fingerprint density at radius 1 is 0.938 bits per heavy atom. The van der Waals surface area contributed by atoms with E-state index < -0.39 is 11.5 Å². The van der Waals surface area contributed by atoms with E-state index in [1.807, 2.05) is 44.2 Å². The third-order valence-electron chi connectivity index (χ3n) is 5.05. The Bertz CT molecular complexity index is 1330. The molecule has 0 aliphatic heterocycles. The maximum Gasteiger partial charge on any atom is 0.406 e. The first-order valence-electron chi connectivity index (χ1n) is 10.2. The number of aromatic amines is 1. The summed E-state index contributed by atoms with van der Waals surface area (Å²) in [5.41, 5.74) is 2.75. The molecule has 0 amide bonds. The molecular formula is C25H22N4O3. The normalized spacial score (nSPS) is 11.5. The Kier molecular flexibility index (Phi) is 5.81. The van der Waals surface area contributed by atoms with Gasteiger partial charge in [-0.25, -0.2) is 4.79 Å². The van der Waals surface area contributed by atoms with Crippen LogP contribution in [0.15, 0.2) is 88.6 Å². The van der Waals surface area contributed by atoms with Gasteiger partial charge in [0.05, 0.1) is 5.69 Å². The third kappa shape index (κ3) is 4.41. The largest absolute Gasteiger partial charge is 0.855 e. The molecule has 3 aromatic carbocycles. The first kappa shape index (κ1) is 21.0. The predicted molar refractivity (Wildman–Crippen MR) is 119 cm³/mol. The van der Waals surface area contributed by atoms with E-state index in [0.29, 0.717) is 16.9 Å². The van der Waals surface area contributed by atoms with Crippen LogP contribution in [0.3, 0.4) is 0 Å². The van der Waals surface area contributed by atoms with Crippen LogP contribution in [0.5, 0.6) is 0 Å². The van der Waals surface area contributed by atoms with Crippen LogP contribution in [0.25, 0.3) is 5.69 Å². The second kappa shape index (κ2) is 8.85. The van der Waals surface area contributed by atoms with E-state index in [1.165, 1.54) is 9.36 Å². The first-order chi connectivity index (χ1) is 15.4. The fourth-order valence-corrected chi connectivity index (χ4v) is 3.28. The number of aliphatic imine (C=N–C) groups is 1. The molecule has 0 aliphatic carbocycles. The van der Waals surface area contributed by atoms with Gasteiger partial charge in [0.2, 0.25) is 11.5 Å². The number of Topliss-reactive ketones (excluding diaryl/α,β-unsaturated/α-hetero) is 1. The molecular weight excluding hydrogens is 404 g/mol. The summed E-state index contributed by atoms with van der Waals surface area (Å²) in [5.74, 6) is -0.959. The summed E-state index contributed by atoms with van der Waals surface area (Å²) in [7, 11) is 0. The Balaban J connectivity index is 1.80. The van der Waals surface area contributed by atoms with E-state index in [2.05, 4.69) is 10.2 Å². The van der Waals surface area contributed by atoms with Crippen molar-refractivity contribution in [3.8, 4) is 5.69 Å². The van der Waals surface area contributed by atoms with E-state index in [9.17, 15) is 14.7 Å². The number of aromatic nitrogens is 3. The van der Waals surface area contributed by atoms with Crippen molar-refractivity contribution in [1.29, 1.82) is 0 Å². The maximum atomic E-state index is 13.2. The molecule has 160 valence electrons. The van der Waals surface area contributed by atoms with Crippen LogP contribution in [-0.2, 0) is 6.54 Å². The number of aryl methyl sites for hydroxylation is 2. The minimum Gasteiger partial charge on any atom is -0.855 e. The summed E-state index contributed by atoms with van der Waals surface area (Å²) in [6, 6.07) is 23.1. The Morgan fingerprint density at radius 3 is 2.16 bits per heavy atom. The topological polar surface area (TPSA) is 94.2 Å². The number of hydrogen-bond acceptors (Lipinski definition) is 4. The lowest BCUT2D eigenvalue weighted by Gasteiger charge is -2.07. The number of nitrogens with one attached hydrogen (secondary N) is 1. The number of H-pyrrole nitrogens is 1. The van der Waals surface area contributed by atoms with Gasteiger partial charge in [-0.2, -0.15) is 0 Å². The van der Waals surface area contributed by atoms with E-state index in [-0.39, 0.29) is 18.0 Å². The molecule has 1 heterocycles. The van der Waals surface area contributed by atoms with Crippen LogP contribution in [-0.4, -0.2) is 21.6 Å². The molecule has 0 atom stereocenters. The summed E-state index contributed by atoms with van der Waals surface area (Å²) < 4.78 is 2.51. The van der Waals surface area contributed by atoms with Crippen molar-refractivity contribution >= 4 is 17.4 Å². The van der Waals surface area contributed by atoms with Crippen molar-refractivity contribution in [2.24, 2.45) is 4.99 Å². The highest BCUT2D eigenvalue weighted by atomic mass is 16.3. The summed E-state index contributed by atoms with van der Waals surface area (Å²) in [6.45, 7) is 3.67. The molecule has 1 N–H and O–H groups in total. The average Bonchev–Trinajstić information content (AvgIpc) is 3.12. The molecule has 32 heavy (non-hydrogen) atoms. The van der Waals surface area contributed by atoms with Gasteiger partial charge in [-0.15, -0.1) is 4.68 Å². The van der Waals surface area contributed by atoms with Gasteiger partial charge in [0, 0.05) is 11.5 Å². The molecule has 0 radical (unpaired) electrons. The van der Waals surface area contributed by atoms with Gasteiger partial charge in [-0.1, -0.05) is 75.6 Å². The molecule has 0 bridgehead atoms. The van der Waals surface area contributed by atoms with E-state index in [1.54, 1.807) is 48.5 Å². The number of ketones is 1. The molecule has 4 rings (SSSR count). The first-order valence-corrected chi connectivity index (χ1v) is 10.2. The standard InChI is InChI=1S/C25H22N4O3/c1-17-8-12-20(13-9-17)26-24(31)23-25(32)29(21-14-10-18(2)11-15-21)27-28(23)16-22(30)19-6-4-3-5-7-19/h3-15H,16H2,1-2H3,(H-,26,27,31,32). The van der Waals surface area contributed by atoms with Crippen molar-refractivity contribution in [1.82, 2.24) is 9.90 Å². The van der Waals surface area contributed by atoms with Crippen LogP contribution in [0.1, 0.15) is 27.2 Å². The zero-order chi connectivity index (χ0) is 22.7. The van der Waals surface area contributed by atoms with Crippen LogP contribution in [0, 0.1) is 13.8 Å². The van der Waals surface area contributed by atoms with Crippen LogP contribution in [0.4, 0.5) is 5.69 Å².